The van der Waals surface area contributed by atoms with Crippen molar-refractivity contribution in [2.24, 2.45) is 0 Å². The van der Waals surface area contributed by atoms with E-state index in [0.717, 1.165) is 43.7 Å². The van der Waals surface area contributed by atoms with E-state index in [-0.39, 0.29) is 18.7 Å². The maximum atomic E-state index is 12.8. The number of fused-ring (bicyclic) bond motifs is 2. The Kier molecular flexibility index (Phi) is 5.91. The molecule has 2 aromatic rings. The highest BCUT2D eigenvalue weighted by Crippen LogP contribution is 2.48. The van der Waals surface area contributed by atoms with Crippen molar-refractivity contribution in [1.82, 2.24) is 4.90 Å². The molecule has 0 radical (unpaired) electrons. The van der Waals surface area contributed by atoms with Crippen molar-refractivity contribution in [2.75, 3.05) is 37.8 Å². The summed E-state index contributed by atoms with van der Waals surface area (Å²) in [6, 6.07) is 12.7. The van der Waals surface area contributed by atoms with E-state index in [2.05, 4.69) is 10.2 Å². The van der Waals surface area contributed by atoms with Crippen LogP contribution in [0.5, 0.6) is 5.75 Å². The second-order valence-electron chi connectivity index (χ2n) is 9.77. The zero-order valence-corrected chi connectivity index (χ0v) is 20.7. The van der Waals surface area contributed by atoms with E-state index < -0.39 is 26.1 Å². The van der Waals surface area contributed by atoms with Crippen LogP contribution in [-0.2, 0) is 24.8 Å². The van der Waals surface area contributed by atoms with Crippen LogP contribution in [0.1, 0.15) is 36.8 Å². The van der Waals surface area contributed by atoms with Gasteiger partial charge in [0.15, 0.2) is 9.84 Å². The third kappa shape index (κ3) is 3.90. The number of sulfone groups is 1. The van der Waals surface area contributed by atoms with Gasteiger partial charge in [-0.15, -0.1) is 0 Å². The highest BCUT2D eigenvalue weighted by atomic mass is 35.5. The molecular weight excluding hydrogens is 476 g/mol. The van der Waals surface area contributed by atoms with Crippen molar-refractivity contribution in [3.05, 3.63) is 58.6 Å². The van der Waals surface area contributed by atoms with Crippen molar-refractivity contribution in [3.8, 4) is 5.75 Å². The molecule has 3 aliphatic rings. The first-order chi connectivity index (χ1) is 16.1. The Labute approximate surface area is 205 Å². The first-order valence-corrected chi connectivity index (χ1v) is 13.8. The molecule has 2 N–H and O–H groups in total. The smallest absolute Gasteiger partial charge is 0.235 e. The molecule has 5 rings (SSSR count). The van der Waals surface area contributed by atoms with E-state index in [4.69, 9.17) is 16.3 Å². The maximum Gasteiger partial charge on any atom is 0.235 e. The molecule has 1 aliphatic carbocycles. The third-order valence-corrected chi connectivity index (χ3v) is 10.0. The highest BCUT2D eigenvalue weighted by Gasteiger charge is 2.53. The standard InChI is InChI=1S/C25H29ClN2O5S/c1-34(31,32)25(15-19(29)16-25)17-2-5-20(6-3-17)33-13-12-28-10-8-24(9-11-28)21-14-18(26)4-7-22(21)27-23(24)30/h2-7,14,19,29H,8-13,15-16H2,1H3,(H,27,30). The van der Waals surface area contributed by atoms with Gasteiger partial charge in [0.1, 0.15) is 17.1 Å². The van der Waals surface area contributed by atoms with Crippen LogP contribution >= 0.6 is 11.6 Å². The summed E-state index contributed by atoms with van der Waals surface area (Å²) < 4.78 is 29.6. The summed E-state index contributed by atoms with van der Waals surface area (Å²) in [6.07, 6.45) is 2.60. The number of nitrogens with one attached hydrogen (secondary N) is 1. The number of carbonyl (C=O) groups excluding carboxylic acids is 1. The second kappa shape index (κ2) is 8.52. The van der Waals surface area contributed by atoms with Gasteiger partial charge in [-0.05, 0) is 80.2 Å². The van der Waals surface area contributed by atoms with Gasteiger partial charge in [0.05, 0.1) is 11.5 Å². The molecule has 0 atom stereocenters. The summed E-state index contributed by atoms with van der Waals surface area (Å²) >= 11 is 6.20. The predicted molar refractivity (Wildman–Crippen MR) is 131 cm³/mol. The first kappa shape index (κ1) is 23.6. The molecule has 34 heavy (non-hydrogen) atoms. The van der Waals surface area contributed by atoms with E-state index in [0.29, 0.717) is 22.9 Å². The molecule has 2 fully saturated rings. The summed E-state index contributed by atoms with van der Waals surface area (Å²) in [6.45, 7) is 2.82. The van der Waals surface area contributed by atoms with Gasteiger partial charge >= 0.3 is 0 Å². The summed E-state index contributed by atoms with van der Waals surface area (Å²) in [5, 5.41) is 13.4. The van der Waals surface area contributed by atoms with E-state index in [1.54, 1.807) is 30.3 Å². The lowest BCUT2D eigenvalue weighted by Gasteiger charge is -2.44. The molecular formula is C25H29ClN2O5S. The van der Waals surface area contributed by atoms with Crippen LogP contribution < -0.4 is 10.1 Å². The first-order valence-electron chi connectivity index (χ1n) is 11.6. The minimum Gasteiger partial charge on any atom is -0.492 e. The average Bonchev–Trinajstić information content (AvgIpc) is 3.03. The molecule has 1 saturated carbocycles. The lowest BCUT2D eigenvalue weighted by atomic mass is 9.73. The lowest BCUT2D eigenvalue weighted by molar-refractivity contribution is -0.122. The molecule has 0 unspecified atom stereocenters. The van der Waals surface area contributed by atoms with Gasteiger partial charge in [-0.3, -0.25) is 9.69 Å². The Morgan fingerprint density at radius 2 is 1.82 bits per heavy atom. The normalized spacial score (nSPS) is 26.1. The van der Waals surface area contributed by atoms with Crippen molar-refractivity contribution in [1.29, 1.82) is 0 Å². The fourth-order valence-electron chi connectivity index (χ4n) is 5.64. The molecule has 7 nitrogen and oxygen atoms in total. The van der Waals surface area contributed by atoms with E-state index in [1.807, 2.05) is 12.1 Å². The van der Waals surface area contributed by atoms with Gasteiger partial charge in [-0.2, -0.15) is 0 Å². The monoisotopic (exact) mass is 504 g/mol. The zero-order chi connectivity index (χ0) is 24.1. The fraction of sp³-hybridized carbons (Fsp3) is 0.480. The topological polar surface area (TPSA) is 95.9 Å². The number of ether oxygens (including phenoxy) is 1. The number of hydrogen-bond acceptors (Lipinski definition) is 6. The fourth-order valence-corrected chi connectivity index (χ4v) is 7.37. The molecule has 0 aromatic heterocycles. The van der Waals surface area contributed by atoms with Crippen LogP contribution in [0.3, 0.4) is 0 Å². The SMILES string of the molecule is CS(=O)(=O)C1(c2ccc(OCCN3CCC4(CC3)C(=O)Nc3ccc(Cl)cc34)cc2)CC(O)C1. The molecule has 182 valence electrons. The Morgan fingerprint density at radius 3 is 2.44 bits per heavy atom. The van der Waals surface area contributed by atoms with Gasteiger partial charge in [0.25, 0.3) is 0 Å². The lowest BCUT2D eigenvalue weighted by Crippen LogP contribution is -2.50. The van der Waals surface area contributed by atoms with Gasteiger partial charge in [0, 0.05) is 23.5 Å². The Bertz CT molecular complexity index is 1200. The summed E-state index contributed by atoms with van der Waals surface area (Å²) in [4.78, 5) is 15.1. The summed E-state index contributed by atoms with van der Waals surface area (Å²) in [5.41, 5.74) is 2.07. The number of rotatable bonds is 6. The zero-order valence-electron chi connectivity index (χ0n) is 19.1. The molecule has 1 spiro atoms. The molecule has 0 bridgehead atoms. The molecule has 2 aromatic carbocycles. The maximum absolute atomic E-state index is 12.8. The molecule has 2 aliphatic heterocycles. The van der Waals surface area contributed by atoms with Crippen LogP contribution in [-0.4, -0.2) is 62.9 Å². The quantitative estimate of drug-likeness (QED) is 0.627. The van der Waals surface area contributed by atoms with Gasteiger partial charge in [-0.25, -0.2) is 8.42 Å². The number of amides is 1. The molecule has 1 saturated heterocycles. The van der Waals surface area contributed by atoms with E-state index in [1.165, 1.54) is 6.26 Å². The number of aliphatic hydroxyl groups is 1. The van der Waals surface area contributed by atoms with E-state index in [9.17, 15) is 18.3 Å². The Hall–Kier alpha value is -2.13. The number of aliphatic hydroxyl groups excluding tert-OH is 1. The van der Waals surface area contributed by atoms with Crippen LogP contribution in [0.4, 0.5) is 5.69 Å². The van der Waals surface area contributed by atoms with Crippen molar-refractivity contribution < 1.29 is 23.1 Å². The number of carbonyl (C=O) groups is 1. The number of anilines is 1. The minimum atomic E-state index is -3.34. The molecule has 2 heterocycles. The van der Waals surface area contributed by atoms with Crippen molar-refractivity contribution >= 4 is 33.0 Å². The highest BCUT2D eigenvalue weighted by molar-refractivity contribution is 7.91. The molecule has 9 heteroatoms. The second-order valence-corrected chi connectivity index (χ2v) is 12.5. The molecule has 1 amide bonds. The van der Waals surface area contributed by atoms with Crippen LogP contribution in [0.25, 0.3) is 0 Å². The number of halogens is 1. The van der Waals surface area contributed by atoms with Gasteiger partial charge < -0.3 is 15.2 Å². The van der Waals surface area contributed by atoms with Gasteiger partial charge in [-0.1, -0.05) is 23.7 Å². The van der Waals surface area contributed by atoms with Crippen LogP contribution in [0.15, 0.2) is 42.5 Å². The Morgan fingerprint density at radius 1 is 1.15 bits per heavy atom. The Balaban J connectivity index is 1.16. The van der Waals surface area contributed by atoms with Crippen molar-refractivity contribution in [3.63, 3.8) is 0 Å². The summed E-state index contributed by atoms with van der Waals surface area (Å²) in [7, 11) is -3.34. The van der Waals surface area contributed by atoms with Crippen LogP contribution in [0.2, 0.25) is 5.02 Å². The average molecular weight is 505 g/mol. The van der Waals surface area contributed by atoms with E-state index >= 15 is 0 Å². The number of piperidine rings is 1. The third-order valence-electron chi connectivity index (χ3n) is 7.79. The predicted octanol–water partition coefficient (Wildman–Crippen LogP) is 3.10. The minimum absolute atomic E-state index is 0.0617. The number of benzene rings is 2. The number of nitrogens with zero attached hydrogens (tertiary/aromatic N) is 1. The number of hydrogen-bond donors (Lipinski definition) is 2. The van der Waals surface area contributed by atoms with Crippen LogP contribution in [0, 0.1) is 0 Å². The largest absolute Gasteiger partial charge is 0.492 e. The number of likely N-dealkylation sites (tertiary alicyclic amines) is 1. The van der Waals surface area contributed by atoms with Crippen molar-refractivity contribution in [2.45, 2.75) is 41.9 Å². The van der Waals surface area contributed by atoms with Gasteiger partial charge in [0.2, 0.25) is 5.91 Å². The summed E-state index contributed by atoms with van der Waals surface area (Å²) in [5.74, 6) is 0.742.